The quantitative estimate of drug-likeness (QED) is 0.653. The number of pyridine rings is 1. The van der Waals surface area contributed by atoms with Gasteiger partial charge in [-0.15, -0.1) is 13.2 Å². The van der Waals surface area contributed by atoms with Crippen molar-refractivity contribution in [2.75, 3.05) is 11.9 Å². The van der Waals surface area contributed by atoms with Gasteiger partial charge < -0.3 is 15.2 Å². The van der Waals surface area contributed by atoms with Gasteiger partial charge >= 0.3 is 12.1 Å². The van der Waals surface area contributed by atoms with Gasteiger partial charge in [0.1, 0.15) is 11.6 Å². The fraction of sp³-hybridized carbons (Fsp3) is 0.263. The Balaban J connectivity index is 1.93. The minimum Gasteiger partial charge on any atom is -0.493 e. The molecule has 0 radical (unpaired) electrons. The van der Waals surface area contributed by atoms with Crippen molar-refractivity contribution in [2.45, 2.75) is 26.8 Å². The van der Waals surface area contributed by atoms with E-state index in [1.807, 2.05) is 6.92 Å². The molecular formula is C19H19F3N4O3. The van der Waals surface area contributed by atoms with Crippen LogP contribution in [0.15, 0.2) is 47.4 Å². The van der Waals surface area contributed by atoms with Crippen molar-refractivity contribution >= 4 is 5.82 Å². The molecule has 0 fully saturated rings. The predicted molar refractivity (Wildman–Crippen MR) is 101 cm³/mol. The third kappa shape index (κ3) is 4.53. The van der Waals surface area contributed by atoms with Gasteiger partial charge in [-0.05, 0) is 55.8 Å². The van der Waals surface area contributed by atoms with E-state index in [4.69, 9.17) is 0 Å². The van der Waals surface area contributed by atoms with Gasteiger partial charge in [-0.1, -0.05) is 0 Å². The Morgan fingerprint density at radius 2 is 1.90 bits per heavy atom. The molecule has 0 aliphatic carbocycles. The Labute approximate surface area is 164 Å². The number of ether oxygens (including phenoxy) is 1. The van der Waals surface area contributed by atoms with Gasteiger partial charge in [-0.2, -0.15) is 0 Å². The maximum Gasteiger partial charge on any atom is 0.573 e. The summed E-state index contributed by atoms with van der Waals surface area (Å²) in [4.78, 5) is 17.0. The van der Waals surface area contributed by atoms with E-state index in [1.165, 1.54) is 16.7 Å². The Morgan fingerprint density at radius 1 is 1.21 bits per heavy atom. The lowest BCUT2D eigenvalue weighted by molar-refractivity contribution is -0.274. The summed E-state index contributed by atoms with van der Waals surface area (Å²) in [6.07, 6.45) is -3.19. The maximum absolute atomic E-state index is 12.9. The van der Waals surface area contributed by atoms with Crippen LogP contribution < -0.4 is 15.7 Å². The Hall–Kier alpha value is -3.43. The van der Waals surface area contributed by atoms with Crippen molar-refractivity contribution in [3.05, 3.63) is 64.3 Å². The zero-order valence-corrected chi connectivity index (χ0v) is 15.7. The van der Waals surface area contributed by atoms with Gasteiger partial charge in [-0.25, -0.2) is 14.3 Å². The van der Waals surface area contributed by atoms with E-state index in [-0.39, 0.29) is 18.1 Å². The number of hydrogen-bond donors (Lipinski definition) is 2. The predicted octanol–water partition coefficient (Wildman–Crippen LogP) is 3.43. The van der Waals surface area contributed by atoms with E-state index in [2.05, 4.69) is 15.0 Å². The normalized spacial score (nSPS) is 11.5. The van der Waals surface area contributed by atoms with Gasteiger partial charge in [-0.3, -0.25) is 4.57 Å². The highest BCUT2D eigenvalue weighted by Gasteiger charge is 2.31. The first kappa shape index (κ1) is 20.3. The number of rotatable bonds is 6. The summed E-state index contributed by atoms with van der Waals surface area (Å²) >= 11 is 0. The number of benzene rings is 1. The summed E-state index contributed by atoms with van der Waals surface area (Å²) < 4.78 is 43.1. The zero-order chi connectivity index (χ0) is 21.2. The minimum atomic E-state index is -4.81. The van der Waals surface area contributed by atoms with Crippen molar-refractivity contribution in [2.24, 2.45) is 0 Å². The molecule has 1 aromatic carbocycles. The molecule has 2 heterocycles. The molecule has 0 amide bonds. The zero-order valence-electron chi connectivity index (χ0n) is 15.7. The molecule has 3 rings (SSSR count). The molecule has 10 heteroatoms. The van der Waals surface area contributed by atoms with Gasteiger partial charge in [0, 0.05) is 12.7 Å². The highest BCUT2D eigenvalue weighted by atomic mass is 19.4. The average molecular weight is 408 g/mol. The molecule has 0 saturated carbocycles. The topological polar surface area (TPSA) is 81.3 Å². The van der Waals surface area contributed by atoms with Gasteiger partial charge in [0.15, 0.2) is 0 Å². The third-order valence-electron chi connectivity index (χ3n) is 4.21. The first-order chi connectivity index (χ1) is 13.7. The monoisotopic (exact) mass is 408 g/mol. The fourth-order valence-corrected chi connectivity index (χ4v) is 2.89. The molecule has 0 aliphatic heterocycles. The highest BCUT2D eigenvalue weighted by molar-refractivity contribution is 5.42. The van der Waals surface area contributed by atoms with Crippen LogP contribution in [0.3, 0.4) is 0 Å². The lowest BCUT2D eigenvalue weighted by atomic mass is 10.2. The molecular weight excluding hydrogens is 389 g/mol. The van der Waals surface area contributed by atoms with E-state index in [9.17, 15) is 23.1 Å². The minimum absolute atomic E-state index is 0.196. The summed E-state index contributed by atoms with van der Waals surface area (Å²) in [5, 5.41) is 13.5. The fourth-order valence-electron chi connectivity index (χ4n) is 2.89. The molecule has 2 N–H and O–H groups in total. The molecule has 29 heavy (non-hydrogen) atoms. The highest BCUT2D eigenvalue weighted by Crippen LogP contribution is 2.26. The first-order valence-electron chi connectivity index (χ1n) is 8.75. The summed E-state index contributed by atoms with van der Waals surface area (Å²) in [6, 6.07) is 8.24. The van der Waals surface area contributed by atoms with E-state index < -0.39 is 17.8 Å². The summed E-state index contributed by atoms with van der Waals surface area (Å²) in [7, 11) is 0. The number of aromatic nitrogens is 3. The smallest absolute Gasteiger partial charge is 0.493 e. The van der Waals surface area contributed by atoms with E-state index in [0.29, 0.717) is 18.1 Å². The van der Waals surface area contributed by atoms with E-state index in [1.54, 1.807) is 25.3 Å². The van der Waals surface area contributed by atoms with Crippen LogP contribution in [0.4, 0.5) is 19.0 Å². The lowest BCUT2D eigenvalue weighted by Crippen LogP contribution is -2.24. The van der Waals surface area contributed by atoms with Crippen molar-refractivity contribution in [3.63, 3.8) is 0 Å². The Bertz CT molecular complexity index is 1060. The van der Waals surface area contributed by atoms with Gasteiger partial charge in [0.25, 0.3) is 0 Å². The lowest BCUT2D eigenvalue weighted by Gasteiger charge is -2.09. The molecule has 154 valence electrons. The van der Waals surface area contributed by atoms with Crippen LogP contribution in [0, 0.1) is 6.92 Å². The first-order valence-corrected chi connectivity index (χ1v) is 8.75. The largest absolute Gasteiger partial charge is 0.573 e. The van der Waals surface area contributed by atoms with Crippen LogP contribution in [0.1, 0.15) is 18.2 Å². The number of alkyl halides is 3. The van der Waals surface area contributed by atoms with Crippen LogP contribution in [-0.4, -0.2) is 32.1 Å². The SMILES string of the molecule is CCNc1cc(Cn2c(C)c(O)n(-c3ccc(OC(F)(F)F)cc3)c2=O)ccn1. The second-order valence-corrected chi connectivity index (χ2v) is 6.23. The molecule has 0 unspecified atom stereocenters. The number of halogens is 3. The van der Waals surface area contributed by atoms with Gasteiger partial charge in [0.2, 0.25) is 5.88 Å². The van der Waals surface area contributed by atoms with Crippen LogP contribution >= 0.6 is 0 Å². The van der Waals surface area contributed by atoms with E-state index in [0.717, 1.165) is 22.3 Å². The van der Waals surface area contributed by atoms with Crippen LogP contribution in [0.5, 0.6) is 11.6 Å². The summed E-state index contributed by atoms with van der Waals surface area (Å²) in [5.74, 6) is -0.0438. The summed E-state index contributed by atoms with van der Waals surface area (Å²) in [6.45, 7) is 4.41. The number of nitrogens with zero attached hydrogens (tertiary/aromatic N) is 3. The van der Waals surface area contributed by atoms with Crippen molar-refractivity contribution in [1.82, 2.24) is 14.1 Å². The van der Waals surface area contributed by atoms with E-state index >= 15 is 0 Å². The third-order valence-corrected chi connectivity index (χ3v) is 4.21. The molecule has 0 atom stereocenters. The van der Waals surface area contributed by atoms with Gasteiger partial charge in [0.05, 0.1) is 17.9 Å². The average Bonchev–Trinajstić information content (AvgIpc) is 2.85. The summed E-state index contributed by atoms with van der Waals surface area (Å²) in [5.41, 5.74) is 0.818. The Morgan fingerprint density at radius 3 is 2.52 bits per heavy atom. The Kier molecular flexibility index (Phi) is 5.53. The van der Waals surface area contributed by atoms with Crippen molar-refractivity contribution in [1.29, 1.82) is 0 Å². The second kappa shape index (κ2) is 7.90. The number of hydrogen-bond acceptors (Lipinski definition) is 5. The number of imidazole rings is 1. The van der Waals surface area contributed by atoms with Crippen molar-refractivity contribution in [3.8, 4) is 17.3 Å². The molecule has 3 aromatic rings. The standard InChI is InChI=1S/C19H19F3N4O3/c1-3-23-16-10-13(8-9-24-16)11-25-12(2)17(27)26(18(25)28)14-4-6-15(7-5-14)29-19(20,21)22/h4-10,27H,3,11H2,1-2H3,(H,23,24). The van der Waals surface area contributed by atoms with Crippen LogP contribution in [0.25, 0.3) is 5.69 Å². The molecule has 2 aromatic heterocycles. The molecule has 0 aliphatic rings. The van der Waals surface area contributed by atoms with Crippen LogP contribution in [-0.2, 0) is 6.54 Å². The number of aromatic hydroxyl groups is 1. The number of anilines is 1. The molecule has 0 saturated heterocycles. The number of nitrogens with one attached hydrogen (secondary N) is 1. The van der Waals surface area contributed by atoms with Crippen LogP contribution in [0.2, 0.25) is 0 Å². The molecule has 7 nitrogen and oxygen atoms in total. The molecule has 0 spiro atoms. The molecule has 0 bridgehead atoms. The maximum atomic E-state index is 12.9. The second-order valence-electron chi connectivity index (χ2n) is 6.23. The van der Waals surface area contributed by atoms with Crippen molar-refractivity contribution < 1.29 is 23.0 Å².